The Morgan fingerprint density at radius 2 is 2.05 bits per heavy atom. The second-order valence-electron chi connectivity index (χ2n) is 5.11. The van der Waals surface area contributed by atoms with Gasteiger partial charge in [-0.05, 0) is 37.9 Å². The van der Waals surface area contributed by atoms with Crippen LogP contribution in [0.15, 0.2) is 12.1 Å². The highest BCUT2D eigenvalue weighted by atomic mass is 35.5. The summed E-state index contributed by atoms with van der Waals surface area (Å²) in [6, 6.07) is 4.04. The van der Waals surface area contributed by atoms with Crippen LogP contribution in [0.4, 0.5) is 0 Å². The quantitative estimate of drug-likeness (QED) is 0.811. The van der Waals surface area contributed by atoms with Gasteiger partial charge < -0.3 is 10.1 Å². The molecule has 106 valence electrons. The number of rotatable bonds is 6. The zero-order chi connectivity index (χ0) is 13.8. The number of benzene rings is 1. The third-order valence-corrected chi connectivity index (χ3v) is 4.49. The molecule has 1 atom stereocenters. The van der Waals surface area contributed by atoms with Gasteiger partial charge in [0, 0.05) is 17.1 Å². The smallest absolute Gasteiger partial charge is 0.139 e. The van der Waals surface area contributed by atoms with E-state index in [0.717, 1.165) is 22.9 Å². The summed E-state index contributed by atoms with van der Waals surface area (Å²) < 4.78 is 5.46. The maximum absolute atomic E-state index is 6.38. The van der Waals surface area contributed by atoms with Crippen molar-refractivity contribution in [2.75, 3.05) is 13.7 Å². The summed E-state index contributed by atoms with van der Waals surface area (Å²) in [6.45, 7) is 2.53. The fourth-order valence-electron chi connectivity index (χ4n) is 2.54. The van der Waals surface area contributed by atoms with Crippen molar-refractivity contribution in [3.63, 3.8) is 0 Å². The van der Waals surface area contributed by atoms with Gasteiger partial charge in [-0.3, -0.25) is 0 Å². The molecule has 1 unspecified atom stereocenters. The summed E-state index contributed by atoms with van der Waals surface area (Å²) in [7, 11) is 1.98. The van der Waals surface area contributed by atoms with Gasteiger partial charge in [-0.1, -0.05) is 42.5 Å². The molecule has 1 aliphatic rings. The summed E-state index contributed by atoms with van der Waals surface area (Å²) in [5.74, 6) is 1.48. The molecule has 0 amide bonds. The molecule has 2 rings (SSSR count). The second-order valence-corrected chi connectivity index (χ2v) is 5.93. The number of hydrogen-bond acceptors (Lipinski definition) is 2. The van der Waals surface area contributed by atoms with Crippen molar-refractivity contribution in [3.05, 3.63) is 27.7 Å². The van der Waals surface area contributed by atoms with Crippen LogP contribution in [0, 0.1) is 5.92 Å². The van der Waals surface area contributed by atoms with E-state index in [2.05, 4.69) is 5.32 Å². The Labute approximate surface area is 125 Å². The lowest BCUT2D eigenvalue weighted by Gasteiger charge is -2.30. The Bertz CT molecular complexity index is 432. The number of halogens is 2. The zero-order valence-electron chi connectivity index (χ0n) is 11.5. The van der Waals surface area contributed by atoms with Crippen LogP contribution in [-0.2, 0) is 0 Å². The minimum absolute atomic E-state index is 0.269. The Morgan fingerprint density at radius 1 is 1.32 bits per heavy atom. The molecule has 0 spiro atoms. The molecule has 1 aliphatic carbocycles. The van der Waals surface area contributed by atoms with Crippen LogP contribution in [0.1, 0.15) is 44.2 Å². The van der Waals surface area contributed by atoms with E-state index in [9.17, 15) is 0 Å². The normalized spacial score (nSPS) is 17.1. The Morgan fingerprint density at radius 3 is 2.58 bits per heavy atom. The van der Waals surface area contributed by atoms with Crippen LogP contribution in [0.25, 0.3) is 0 Å². The third kappa shape index (κ3) is 3.56. The van der Waals surface area contributed by atoms with Crippen LogP contribution in [0.3, 0.4) is 0 Å². The number of hydrogen-bond donors (Lipinski definition) is 1. The maximum Gasteiger partial charge on any atom is 0.139 e. The van der Waals surface area contributed by atoms with Gasteiger partial charge >= 0.3 is 0 Å². The van der Waals surface area contributed by atoms with Gasteiger partial charge in [0.15, 0.2) is 0 Å². The Hall–Kier alpha value is -0.440. The number of ether oxygens (including phenoxy) is 1. The lowest BCUT2D eigenvalue weighted by Crippen LogP contribution is -2.23. The van der Waals surface area contributed by atoms with Gasteiger partial charge in [0.1, 0.15) is 5.75 Å². The summed E-state index contributed by atoms with van der Waals surface area (Å²) in [6.07, 6.45) is 5.15. The summed E-state index contributed by atoms with van der Waals surface area (Å²) >= 11 is 12.6. The minimum Gasteiger partial charge on any atom is -0.492 e. The van der Waals surface area contributed by atoms with Crippen molar-refractivity contribution in [1.82, 2.24) is 5.32 Å². The van der Waals surface area contributed by atoms with E-state index in [0.29, 0.717) is 17.4 Å². The molecule has 1 N–H and O–H groups in total. The minimum atomic E-state index is 0.269. The van der Waals surface area contributed by atoms with E-state index in [-0.39, 0.29) is 6.04 Å². The van der Waals surface area contributed by atoms with Crippen LogP contribution < -0.4 is 10.1 Å². The Kier molecular flexibility index (Phi) is 5.37. The van der Waals surface area contributed by atoms with Crippen LogP contribution in [-0.4, -0.2) is 13.7 Å². The lowest BCUT2D eigenvalue weighted by molar-refractivity contribution is 0.265. The first kappa shape index (κ1) is 15.0. The second kappa shape index (κ2) is 6.83. The van der Waals surface area contributed by atoms with Crippen LogP contribution in [0.5, 0.6) is 5.75 Å². The van der Waals surface area contributed by atoms with Crippen molar-refractivity contribution >= 4 is 23.2 Å². The fourth-order valence-corrected chi connectivity index (χ4v) is 3.05. The first-order chi connectivity index (χ1) is 9.15. The molecule has 1 aromatic rings. The van der Waals surface area contributed by atoms with E-state index >= 15 is 0 Å². The van der Waals surface area contributed by atoms with Gasteiger partial charge in [0.2, 0.25) is 0 Å². The van der Waals surface area contributed by atoms with Crippen molar-refractivity contribution in [1.29, 1.82) is 0 Å². The molecule has 0 saturated heterocycles. The van der Waals surface area contributed by atoms with Crippen LogP contribution >= 0.6 is 23.2 Å². The number of nitrogens with one attached hydrogen (secondary N) is 1. The van der Waals surface area contributed by atoms with E-state index < -0.39 is 0 Å². The summed E-state index contributed by atoms with van der Waals surface area (Å²) in [5, 5.41) is 4.72. The van der Waals surface area contributed by atoms with Crippen LogP contribution in [0.2, 0.25) is 10.0 Å². The molecule has 1 saturated carbocycles. The van der Waals surface area contributed by atoms with Crippen molar-refractivity contribution in [2.45, 2.75) is 38.6 Å². The van der Waals surface area contributed by atoms with Crippen molar-refractivity contribution < 1.29 is 4.74 Å². The molecule has 0 aromatic heterocycles. The largest absolute Gasteiger partial charge is 0.492 e. The lowest BCUT2D eigenvalue weighted by atomic mass is 9.79. The molecular formula is C15H21Cl2NO. The van der Waals surface area contributed by atoms with Crippen molar-refractivity contribution in [2.24, 2.45) is 5.92 Å². The van der Waals surface area contributed by atoms with Gasteiger partial charge in [0.05, 0.1) is 11.6 Å². The molecule has 1 aromatic carbocycles. The van der Waals surface area contributed by atoms with E-state index in [1.165, 1.54) is 19.3 Å². The van der Waals surface area contributed by atoms with Crippen molar-refractivity contribution in [3.8, 4) is 5.75 Å². The first-order valence-electron chi connectivity index (χ1n) is 6.94. The molecular weight excluding hydrogens is 281 g/mol. The molecule has 19 heavy (non-hydrogen) atoms. The fraction of sp³-hybridized carbons (Fsp3) is 0.600. The molecule has 0 aliphatic heterocycles. The third-order valence-electron chi connectivity index (χ3n) is 3.87. The average molecular weight is 302 g/mol. The standard InChI is InChI=1S/C15H21Cl2NO/c1-3-19-15-9-12(16)11(8-13(15)17)14(18-2)7-10-5-4-6-10/h8-10,14,18H,3-7H2,1-2H3. The highest BCUT2D eigenvalue weighted by Crippen LogP contribution is 2.39. The topological polar surface area (TPSA) is 21.3 Å². The van der Waals surface area contributed by atoms with Gasteiger partial charge in [-0.15, -0.1) is 0 Å². The molecule has 2 nitrogen and oxygen atoms in total. The molecule has 0 bridgehead atoms. The zero-order valence-corrected chi connectivity index (χ0v) is 13.0. The monoisotopic (exact) mass is 301 g/mol. The summed E-state index contributed by atoms with van der Waals surface area (Å²) in [4.78, 5) is 0. The molecule has 0 heterocycles. The summed E-state index contributed by atoms with van der Waals surface area (Å²) in [5.41, 5.74) is 1.07. The Balaban J connectivity index is 2.18. The average Bonchev–Trinajstić information content (AvgIpc) is 2.33. The van der Waals surface area contributed by atoms with Gasteiger partial charge in [-0.2, -0.15) is 0 Å². The molecule has 1 fully saturated rings. The molecule has 4 heteroatoms. The predicted octanol–water partition coefficient (Wildman–Crippen LogP) is 4.84. The highest BCUT2D eigenvalue weighted by Gasteiger charge is 2.24. The highest BCUT2D eigenvalue weighted by molar-refractivity contribution is 6.34. The van der Waals surface area contributed by atoms with E-state index in [4.69, 9.17) is 27.9 Å². The van der Waals surface area contributed by atoms with E-state index in [1.54, 1.807) is 0 Å². The predicted molar refractivity (Wildman–Crippen MR) is 81.4 cm³/mol. The maximum atomic E-state index is 6.38. The van der Waals surface area contributed by atoms with Gasteiger partial charge in [-0.25, -0.2) is 0 Å². The SMILES string of the molecule is CCOc1cc(Cl)c(C(CC2CCC2)NC)cc1Cl. The van der Waals surface area contributed by atoms with E-state index in [1.807, 2.05) is 26.1 Å². The first-order valence-corrected chi connectivity index (χ1v) is 7.70. The van der Waals surface area contributed by atoms with Gasteiger partial charge in [0.25, 0.3) is 0 Å². The molecule has 0 radical (unpaired) electrons.